The van der Waals surface area contributed by atoms with Crippen molar-refractivity contribution in [2.24, 2.45) is 23.7 Å². The molecule has 3 heterocycles. The summed E-state index contributed by atoms with van der Waals surface area (Å²) in [6.45, 7) is 9.84. The van der Waals surface area contributed by atoms with Crippen LogP contribution in [0.3, 0.4) is 0 Å². The molecule has 3 saturated heterocycles. The number of unbranched alkanes of at least 4 members (excludes halogenated alkanes) is 10. The third kappa shape index (κ3) is 4.15. The molecule has 0 aromatic rings. The van der Waals surface area contributed by atoms with Crippen LogP contribution in [0.25, 0.3) is 0 Å². The van der Waals surface area contributed by atoms with Gasteiger partial charge in [0.15, 0.2) is 11.4 Å². The van der Waals surface area contributed by atoms with Crippen LogP contribution in [0.2, 0.25) is 0 Å². The highest BCUT2D eigenvalue weighted by Gasteiger charge is 2.88. The molecule has 238 valence electrons. The van der Waals surface area contributed by atoms with Crippen LogP contribution < -0.4 is 0 Å². The number of aliphatic hydroxyl groups excluding tert-OH is 2. The first kappa shape index (κ1) is 31.1. The van der Waals surface area contributed by atoms with Crippen molar-refractivity contribution in [2.45, 2.75) is 165 Å². The molecule has 8 nitrogen and oxygen atoms in total. The van der Waals surface area contributed by atoms with Gasteiger partial charge in [-0.25, -0.2) is 0 Å². The standard InChI is InChI=1S/C34H54O8/c1-6-7-8-9-10-11-12-13-14-15-16-17-32-40-27-25-28-31(20-35,39-28)29(37)33(38)24(18-22(4)26(33)36)34(25,42-32)23(5)19-30(27,41-32)21(2)3/h18,21,23-25,27-29,35,37-38H,6-17,19-20H2,1-5H3. The molecule has 11 atom stereocenters. The smallest absolute Gasteiger partial charge is 0.284 e. The lowest BCUT2D eigenvalue weighted by atomic mass is 9.53. The number of Topliss-reactive ketones (excluding diaryl/α,β-unsaturated/α-hetero) is 1. The van der Waals surface area contributed by atoms with Crippen molar-refractivity contribution in [3.8, 4) is 0 Å². The maximum atomic E-state index is 13.6. The molecule has 3 N–H and O–H groups in total. The summed E-state index contributed by atoms with van der Waals surface area (Å²) in [5.74, 6) is -3.04. The van der Waals surface area contributed by atoms with Gasteiger partial charge in [-0.15, -0.1) is 0 Å². The first-order chi connectivity index (χ1) is 20.0. The van der Waals surface area contributed by atoms with Crippen molar-refractivity contribution in [1.29, 1.82) is 0 Å². The first-order valence-electron chi connectivity index (χ1n) is 17.0. The average Bonchev–Trinajstić information content (AvgIpc) is 3.60. The molecule has 8 heteroatoms. The Hall–Kier alpha value is -0.870. The topological polar surface area (TPSA) is 118 Å². The Morgan fingerprint density at radius 3 is 2.17 bits per heavy atom. The summed E-state index contributed by atoms with van der Waals surface area (Å²) in [5, 5.41) is 34.3. The molecule has 0 aromatic heterocycles. The second kappa shape index (κ2) is 10.9. The highest BCUT2D eigenvalue weighted by atomic mass is 16.9. The Balaban J connectivity index is 1.24. The number of carbonyl (C=O) groups is 1. The molecule has 0 spiro atoms. The van der Waals surface area contributed by atoms with E-state index in [1.165, 1.54) is 51.4 Å². The van der Waals surface area contributed by atoms with Crippen LogP contribution in [-0.2, 0) is 23.7 Å². The lowest BCUT2D eigenvalue weighted by Gasteiger charge is -2.60. The van der Waals surface area contributed by atoms with Gasteiger partial charge in [-0.05, 0) is 37.2 Å². The molecule has 0 aromatic carbocycles. The summed E-state index contributed by atoms with van der Waals surface area (Å²) in [6.07, 6.45) is 14.0. The van der Waals surface area contributed by atoms with Crippen molar-refractivity contribution < 1.29 is 39.1 Å². The van der Waals surface area contributed by atoms with Gasteiger partial charge in [0.25, 0.3) is 5.97 Å². The molecule has 6 rings (SSSR count). The van der Waals surface area contributed by atoms with Gasteiger partial charge in [-0.2, -0.15) is 0 Å². The highest BCUT2D eigenvalue weighted by molar-refractivity contribution is 6.05. The molecule has 2 saturated carbocycles. The monoisotopic (exact) mass is 590 g/mol. The molecule has 0 amide bonds. The molecule has 42 heavy (non-hydrogen) atoms. The molecule has 3 aliphatic carbocycles. The van der Waals surface area contributed by atoms with E-state index >= 15 is 0 Å². The summed E-state index contributed by atoms with van der Waals surface area (Å²) in [7, 11) is 0. The fourth-order valence-electron chi connectivity index (χ4n) is 9.77. The van der Waals surface area contributed by atoms with Crippen LogP contribution in [0.15, 0.2) is 11.6 Å². The predicted molar refractivity (Wildman–Crippen MR) is 156 cm³/mol. The second-order valence-electron chi connectivity index (χ2n) is 14.8. The van der Waals surface area contributed by atoms with Crippen molar-refractivity contribution in [1.82, 2.24) is 0 Å². The van der Waals surface area contributed by atoms with Crippen molar-refractivity contribution >= 4 is 5.78 Å². The van der Waals surface area contributed by atoms with Gasteiger partial charge in [-0.3, -0.25) is 4.79 Å². The van der Waals surface area contributed by atoms with Crippen LogP contribution in [0.4, 0.5) is 0 Å². The molecule has 3 aliphatic heterocycles. The summed E-state index contributed by atoms with van der Waals surface area (Å²) in [6, 6.07) is 0. The Kier molecular flexibility index (Phi) is 8.07. The fraction of sp³-hybridized carbons (Fsp3) is 0.912. The van der Waals surface area contributed by atoms with Crippen molar-refractivity contribution in [3.05, 3.63) is 11.6 Å². The van der Waals surface area contributed by atoms with E-state index in [2.05, 4.69) is 27.7 Å². The number of epoxide rings is 1. The number of hydrogen-bond donors (Lipinski definition) is 3. The first-order valence-corrected chi connectivity index (χ1v) is 17.0. The van der Waals surface area contributed by atoms with E-state index in [0.717, 1.165) is 19.3 Å². The zero-order valence-electron chi connectivity index (χ0n) is 26.4. The van der Waals surface area contributed by atoms with E-state index in [1.807, 2.05) is 0 Å². The second-order valence-corrected chi connectivity index (χ2v) is 14.8. The van der Waals surface area contributed by atoms with Gasteiger partial charge in [0, 0.05) is 18.3 Å². The molecule has 11 unspecified atom stereocenters. The van der Waals surface area contributed by atoms with E-state index in [-0.39, 0.29) is 11.8 Å². The Morgan fingerprint density at radius 1 is 0.952 bits per heavy atom. The number of ether oxygens (including phenoxy) is 4. The number of hydrogen-bond acceptors (Lipinski definition) is 8. The van der Waals surface area contributed by atoms with E-state index in [1.54, 1.807) is 13.0 Å². The van der Waals surface area contributed by atoms with Crippen LogP contribution in [0, 0.1) is 23.7 Å². The number of fused-ring (bicyclic) bond motifs is 3. The minimum atomic E-state index is -2.16. The van der Waals surface area contributed by atoms with E-state index in [0.29, 0.717) is 18.4 Å². The number of carbonyl (C=O) groups excluding carboxylic acids is 1. The third-order valence-corrected chi connectivity index (χ3v) is 12.1. The quantitative estimate of drug-likeness (QED) is 0.192. The van der Waals surface area contributed by atoms with Gasteiger partial charge in [-0.1, -0.05) is 98.0 Å². The number of aliphatic hydroxyl groups is 3. The molecular weight excluding hydrogens is 536 g/mol. The third-order valence-electron chi connectivity index (χ3n) is 12.1. The number of ketones is 1. The lowest BCUT2D eigenvalue weighted by Crippen LogP contribution is -2.73. The Labute approximate surface area is 251 Å². The maximum absolute atomic E-state index is 13.6. The van der Waals surface area contributed by atoms with Gasteiger partial charge in [0.05, 0.1) is 12.2 Å². The summed E-state index contributed by atoms with van der Waals surface area (Å²) in [4.78, 5) is 13.6. The Morgan fingerprint density at radius 2 is 1.57 bits per heavy atom. The molecule has 0 radical (unpaired) electrons. The summed E-state index contributed by atoms with van der Waals surface area (Å²) < 4.78 is 27.1. The fourth-order valence-corrected chi connectivity index (χ4v) is 9.77. The normalized spacial score (nSPS) is 48.2. The van der Waals surface area contributed by atoms with Crippen LogP contribution in [0.1, 0.15) is 118 Å². The summed E-state index contributed by atoms with van der Waals surface area (Å²) in [5.41, 5.74) is -4.89. The molecule has 5 fully saturated rings. The van der Waals surface area contributed by atoms with E-state index in [9.17, 15) is 20.1 Å². The van der Waals surface area contributed by atoms with Crippen molar-refractivity contribution in [3.63, 3.8) is 0 Å². The maximum Gasteiger partial charge on any atom is 0.284 e. The average molecular weight is 591 g/mol. The predicted octanol–water partition coefficient (Wildman–Crippen LogP) is 4.96. The SMILES string of the molecule is CCCCCCCCCCCCCC12OC3C4C5OC5(CO)C(O)C5(O)C(=O)C(C)=CC5C4(O1)C(C)CC3(C(C)C)O2. The van der Waals surface area contributed by atoms with Gasteiger partial charge < -0.3 is 34.3 Å². The molecule has 6 aliphatic rings. The zero-order valence-corrected chi connectivity index (χ0v) is 26.4. The van der Waals surface area contributed by atoms with Crippen LogP contribution >= 0.6 is 0 Å². The van der Waals surface area contributed by atoms with Gasteiger partial charge in [0.1, 0.15) is 29.5 Å². The van der Waals surface area contributed by atoms with Crippen LogP contribution in [-0.4, -0.2) is 74.4 Å². The zero-order chi connectivity index (χ0) is 30.1. The van der Waals surface area contributed by atoms with E-state index in [4.69, 9.17) is 18.9 Å². The largest absolute Gasteiger partial charge is 0.393 e. The van der Waals surface area contributed by atoms with Gasteiger partial charge in [0.2, 0.25) is 0 Å². The minimum absolute atomic E-state index is 0.112. The molecule has 3 bridgehead atoms. The van der Waals surface area contributed by atoms with Crippen molar-refractivity contribution in [2.75, 3.05) is 6.61 Å². The van der Waals surface area contributed by atoms with Gasteiger partial charge >= 0.3 is 0 Å². The van der Waals surface area contributed by atoms with Crippen LogP contribution in [0.5, 0.6) is 0 Å². The minimum Gasteiger partial charge on any atom is -0.393 e. The van der Waals surface area contributed by atoms with E-state index < -0.39 is 70.9 Å². The summed E-state index contributed by atoms with van der Waals surface area (Å²) >= 11 is 0. The highest BCUT2D eigenvalue weighted by Crippen LogP contribution is 2.73. The Bertz CT molecular complexity index is 1080. The lowest BCUT2D eigenvalue weighted by molar-refractivity contribution is -0.431. The molecular formula is C34H54O8. The number of rotatable bonds is 14.